The highest BCUT2D eigenvalue weighted by molar-refractivity contribution is 6.04. The summed E-state index contributed by atoms with van der Waals surface area (Å²) >= 11 is 0. The Morgan fingerprint density at radius 2 is 2.16 bits per heavy atom. The van der Waals surface area contributed by atoms with Crippen LogP contribution in [-0.4, -0.2) is 31.5 Å². The first kappa shape index (κ1) is 12.4. The zero-order chi connectivity index (χ0) is 13.3. The lowest BCUT2D eigenvalue weighted by Crippen LogP contribution is -2.50. The average molecular weight is 264 g/mol. The van der Waals surface area contributed by atoms with Crippen molar-refractivity contribution >= 4 is 5.71 Å². The predicted octanol–water partition coefficient (Wildman–Crippen LogP) is 2.08. The number of hydrogen-bond donors (Lipinski definition) is 1. The second-order valence-electron chi connectivity index (χ2n) is 5.05. The van der Waals surface area contributed by atoms with E-state index in [1.54, 1.807) is 12.1 Å². The quantitative estimate of drug-likeness (QED) is 0.790. The Labute approximate surface area is 111 Å². The lowest BCUT2D eigenvalue weighted by Gasteiger charge is -2.41. The van der Waals surface area contributed by atoms with Crippen molar-refractivity contribution in [2.75, 3.05) is 20.2 Å². The highest BCUT2D eigenvalue weighted by atomic mass is 19.1. The fourth-order valence-electron chi connectivity index (χ4n) is 2.88. The molecule has 0 atom stereocenters. The van der Waals surface area contributed by atoms with Gasteiger partial charge in [-0.25, -0.2) is 4.39 Å². The molecule has 19 heavy (non-hydrogen) atoms. The van der Waals surface area contributed by atoms with E-state index in [2.05, 4.69) is 10.5 Å². The minimum Gasteiger partial charge on any atom is -0.486 e. The van der Waals surface area contributed by atoms with Crippen molar-refractivity contribution in [3.63, 3.8) is 0 Å². The molecule has 2 aliphatic heterocycles. The van der Waals surface area contributed by atoms with Crippen LogP contribution in [0.1, 0.15) is 24.8 Å². The second-order valence-corrected chi connectivity index (χ2v) is 5.05. The van der Waals surface area contributed by atoms with Crippen molar-refractivity contribution in [3.8, 4) is 5.75 Å². The zero-order valence-electron chi connectivity index (χ0n) is 10.9. The number of piperidine rings is 1. The van der Waals surface area contributed by atoms with Gasteiger partial charge in [0.05, 0.1) is 11.3 Å². The molecule has 0 saturated carbocycles. The number of ether oxygens (including phenoxy) is 1. The molecule has 1 aromatic carbocycles. The minimum atomic E-state index is -0.308. The van der Waals surface area contributed by atoms with Crippen LogP contribution >= 0.6 is 0 Å². The lowest BCUT2D eigenvalue weighted by atomic mass is 9.82. The van der Waals surface area contributed by atoms with E-state index in [1.807, 2.05) is 0 Å². The van der Waals surface area contributed by atoms with Gasteiger partial charge in [-0.2, -0.15) is 0 Å². The Balaban J connectivity index is 2.04. The Morgan fingerprint density at radius 3 is 2.89 bits per heavy atom. The normalized spacial score (nSPS) is 22.9. The topological polar surface area (TPSA) is 42.8 Å². The molecule has 1 saturated heterocycles. The molecule has 4 nitrogen and oxygen atoms in total. The largest absolute Gasteiger partial charge is 0.486 e. The summed E-state index contributed by atoms with van der Waals surface area (Å²) in [5.74, 6) is 0.265. The Morgan fingerprint density at radius 1 is 1.37 bits per heavy atom. The summed E-state index contributed by atoms with van der Waals surface area (Å²) in [6.07, 6.45) is 2.38. The molecule has 5 heteroatoms. The molecule has 102 valence electrons. The molecule has 0 bridgehead atoms. The molecular weight excluding hydrogens is 247 g/mol. The third-order valence-corrected chi connectivity index (χ3v) is 3.80. The summed E-state index contributed by atoms with van der Waals surface area (Å²) in [5, 5.41) is 7.32. The number of fused-ring (bicyclic) bond motifs is 1. The highest BCUT2D eigenvalue weighted by Gasteiger charge is 2.41. The highest BCUT2D eigenvalue weighted by Crippen LogP contribution is 2.39. The molecule has 1 aromatic rings. The summed E-state index contributed by atoms with van der Waals surface area (Å²) < 4.78 is 20.1. The third kappa shape index (κ3) is 2.18. The maximum Gasteiger partial charge on any atom is 0.136 e. The van der Waals surface area contributed by atoms with Gasteiger partial charge in [0.25, 0.3) is 0 Å². The first-order chi connectivity index (χ1) is 9.24. The van der Waals surface area contributed by atoms with Crippen molar-refractivity contribution in [2.45, 2.75) is 24.9 Å². The van der Waals surface area contributed by atoms with E-state index >= 15 is 0 Å². The summed E-state index contributed by atoms with van der Waals surface area (Å²) in [5.41, 5.74) is 0.806. The third-order valence-electron chi connectivity index (χ3n) is 3.80. The van der Waals surface area contributed by atoms with E-state index < -0.39 is 0 Å². The summed E-state index contributed by atoms with van der Waals surface area (Å²) in [6, 6.07) is 4.89. The van der Waals surface area contributed by atoms with Crippen LogP contribution in [0, 0.1) is 5.82 Å². The molecule has 0 radical (unpaired) electrons. The summed E-state index contributed by atoms with van der Waals surface area (Å²) in [6.45, 7) is 1.82. The molecule has 2 heterocycles. The standard InChI is InChI=1S/C14H17FN2O2/c1-18-17-11-9-14(5-7-16-8-6-14)19-12-4-2-3-10(15)13(11)12/h2-4,16H,5-9H2,1H3. The van der Waals surface area contributed by atoms with Gasteiger partial charge in [-0.3, -0.25) is 0 Å². The number of benzene rings is 1. The molecule has 1 N–H and O–H groups in total. The van der Waals surface area contributed by atoms with E-state index in [1.165, 1.54) is 13.2 Å². The van der Waals surface area contributed by atoms with E-state index in [9.17, 15) is 4.39 Å². The maximum atomic E-state index is 14.0. The molecule has 1 spiro atoms. The van der Waals surface area contributed by atoms with Gasteiger partial charge >= 0.3 is 0 Å². The van der Waals surface area contributed by atoms with Gasteiger partial charge in [0.1, 0.15) is 24.3 Å². The van der Waals surface area contributed by atoms with E-state index in [0.29, 0.717) is 23.4 Å². The van der Waals surface area contributed by atoms with Crippen molar-refractivity contribution in [1.82, 2.24) is 5.32 Å². The van der Waals surface area contributed by atoms with Gasteiger partial charge in [-0.15, -0.1) is 0 Å². The SMILES string of the molecule is CON=C1CC2(CCNCC2)Oc2cccc(F)c21. The van der Waals surface area contributed by atoms with Crippen LogP contribution in [0.4, 0.5) is 4.39 Å². The molecule has 3 rings (SSSR count). The summed E-state index contributed by atoms with van der Waals surface area (Å²) in [4.78, 5) is 4.88. The molecule has 0 aliphatic carbocycles. The van der Waals surface area contributed by atoms with Gasteiger partial charge in [0.15, 0.2) is 0 Å². The van der Waals surface area contributed by atoms with Crippen LogP contribution in [0.3, 0.4) is 0 Å². The number of nitrogens with one attached hydrogen (secondary N) is 1. The van der Waals surface area contributed by atoms with Crippen LogP contribution in [-0.2, 0) is 4.84 Å². The zero-order valence-corrected chi connectivity index (χ0v) is 10.9. The molecule has 0 amide bonds. The monoisotopic (exact) mass is 264 g/mol. The Hall–Kier alpha value is -1.62. The van der Waals surface area contributed by atoms with E-state index in [4.69, 9.17) is 9.57 Å². The van der Waals surface area contributed by atoms with Crippen molar-refractivity contribution in [3.05, 3.63) is 29.6 Å². The van der Waals surface area contributed by atoms with Gasteiger partial charge in [0, 0.05) is 19.3 Å². The lowest BCUT2D eigenvalue weighted by molar-refractivity contribution is 0.0369. The molecule has 1 fully saturated rings. The number of nitrogens with zero attached hydrogens (tertiary/aromatic N) is 1. The second kappa shape index (κ2) is 4.81. The molecular formula is C14H17FN2O2. The Bertz CT molecular complexity index is 510. The van der Waals surface area contributed by atoms with E-state index in [0.717, 1.165) is 25.9 Å². The number of halogens is 1. The molecule has 2 aliphatic rings. The number of oxime groups is 1. The van der Waals surface area contributed by atoms with Gasteiger partial charge in [-0.1, -0.05) is 11.2 Å². The first-order valence-corrected chi connectivity index (χ1v) is 6.53. The van der Waals surface area contributed by atoms with Gasteiger partial charge < -0.3 is 14.9 Å². The van der Waals surface area contributed by atoms with Crippen LogP contribution < -0.4 is 10.1 Å². The van der Waals surface area contributed by atoms with Gasteiger partial charge in [-0.05, 0) is 25.2 Å². The average Bonchev–Trinajstić information content (AvgIpc) is 2.39. The Kier molecular flexibility index (Phi) is 3.14. The van der Waals surface area contributed by atoms with Crippen molar-refractivity contribution in [2.24, 2.45) is 5.16 Å². The van der Waals surface area contributed by atoms with Crippen LogP contribution in [0.2, 0.25) is 0 Å². The molecule has 0 aromatic heterocycles. The summed E-state index contributed by atoms with van der Waals surface area (Å²) in [7, 11) is 1.48. The van der Waals surface area contributed by atoms with Crippen molar-refractivity contribution < 1.29 is 14.0 Å². The number of rotatable bonds is 1. The maximum absolute atomic E-state index is 14.0. The van der Waals surface area contributed by atoms with Crippen LogP contribution in [0.25, 0.3) is 0 Å². The smallest absolute Gasteiger partial charge is 0.136 e. The predicted molar refractivity (Wildman–Crippen MR) is 70.0 cm³/mol. The fraction of sp³-hybridized carbons (Fsp3) is 0.500. The van der Waals surface area contributed by atoms with Crippen LogP contribution in [0.15, 0.2) is 23.4 Å². The van der Waals surface area contributed by atoms with Gasteiger partial charge in [0.2, 0.25) is 0 Å². The fourth-order valence-corrected chi connectivity index (χ4v) is 2.88. The van der Waals surface area contributed by atoms with Crippen molar-refractivity contribution in [1.29, 1.82) is 0 Å². The number of hydrogen-bond acceptors (Lipinski definition) is 4. The minimum absolute atomic E-state index is 0.274. The van der Waals surface area contributed by atoms with Crippen LogP contribution in [0.5, 0.6) is 5.75 Å². The molecule has 0 unspecified atom stereocenters. The van der Waals surface area contributed by atoms with E-state index in [-0.39, 0.29) is 11.4 Å². The first-order valence-electron chi connectivity index (χ1n) is 6.53.